The van der Waals surface area contributed by atoms with Gasteiger partial charge in [-0.2, -0.15) is 13.2 Å². The van der Waals surface area contributed by atoms with Crippen LogP contribution in [0.15, 0.2) is 48.5 Å². The van der Waals surface area contributed by atoms with E-state index in [4.69, 9.17) is 0 Å². The molecule has 26 heavy (non-hydrogen) atoms. The predicted octanol–water partition coefficient (Wildman–Crippen LogP) is 4.62. The fourth-order valence-electron chi connectivity index (χ4n) is 2.15. The minimum Gasteiger partial charge on any atom is -0.325 e. The van der Waals surface area contributed by atoms with Gasteiger partial charge in [-0.1, -0.05) is 29.8 Å². The first kappa shape index (κ1) is 19.5. The lowest BCUT2D eigenvalue weighted by atomic mass is 9.90. The summed E-state index contributed by atoms with van der Waals surface area (Å²) >= 11 is 0. The first-order chi connectivity index (χ1) is 12.0. The molecule has 0 aliphatic heterocycles. The van der Waals surface area contributed by atoms with E-state index in [-0.39, 0.29) is 5.69 Å². The van der Waals surface area contributed by atoms with Gasteiger partial charge >= 0.3 is 6.18 Å². The fourth-order valence-corrected chi connectivity index (χ4v) is 2.15. The van der Waals surface area contributed by atoms with Crippen LogP contribution in [0.25, 0.3) is 0 Å². The van der Waals surface area contributed by atoms with Gasteiger partial charge in [0.05, 0.1) is 11.3 Å². The third-order valence-corrected chi connectivity index (χ3v) is 3.93. The van der Waals surface area contributed by atoms with Gasteiger partial charge in [0, 0.05) is 5.69 Å². The number of carbonyl (C=O) groups excluding carboxylic acids is 2. The van der Waals surface area contributed by atoms with Gasteiger partial charge < -0.3 is 10.6 Å². The average Bonchev–Trinajstić information content (AvgIpc) is 2.56. The maximum absolute atomic E-state index is 13.0. The summed E-state index contributed by atoms with van der Waals surface area (Å²) in [6.45, 7) is 4.59. The van der Waals surface area contributed by atoms with Crippen LogP contribution in [-0.2, 0) is 15.8 Å². The Bertz CT molecular complexity index is 812. The Labute approximate surface area is 149 Å². The Kier molecular flexibility index (Phi) is 5.39. The number of benzene rings is 2. The molecule has 0 aliphatic rings. The molecule has 0 aliphatic carbocycles. The highest BCUT2D eigenvalue weighted by Gasteiger charge is 2.38. The maximum atomic E-state index is 13.0. The van der Waals surface area contributed by atoms with Crippen molar-refractivity contribution in [3.8, 4) is 0 Å². The zero-order valence-corrected chi connectivity index (χ0v) is 14.6. The smallest absolute Gasteiger partial charge is 0.325 e. The molecular formula is C19H19F3N2O2. The molecular weight excluding hydrogens is 345 g/mol. The first-order valence-corrected chi connectivity index (χ1v) is 7.87. The molecule has 7 heteroatoms. The number of carbonyl (C=O) groups is 2. The molecule has 0 saturated carbocycles. The van der Waals surface area contributed by atoms with Crippen LogP contribution in [0.2, 0.25) is 0 Å². The van der Waals surface area contributed by atoms with Crippen molar-refractivity contribution in [1.82, 2.24) is 0 Å². The molecule has 0 bridgehead atoms. The number of rotatable bonds is 4. The summed E-state index contributed by atoms with van der Waals surface area (Å²) in [5, 5.41) is 4.81. The van der Waals surface area contributed by atoms with Gasteiger partial charge in [0.2, 0.25) is 11.8 Å². The number of amides is 2. The van der Waals surface area contributed by atoms with Crippen molar-refractivity contribution >= 4 is 23.2 Å². The molecule has 0 aromatic heterocycles. The monoisotopic (exact) mass is 364 g/mol. The number of aryl methyl sites for hydroxylation is 1. The molecule has 0 atom stereocenters. The molecule has 0 fully saturated rings. The topological polar surface area (TPSA) is 58.2 Å². The van der Waals surface area contributed by atoms with Gasteiger partial charge in [-0.05, 0) is 45.0 Å². The van der Waals surface area contributed by atoms with Crippen LogP contribution >= 0.6 is 0 Å². The van der Waals surface area contributed by atoms with Crippen molar-refractivity contribution < 1.29 is 22.8 Å². The Hall–Kier alpha value is -2.83. The van der Waals surface area contributed by atoms with Gasteiger partial charge in [-0.3, -0.25) is 9.59 Å². The van der Waals surface area contributed by atoms with E-state index in [0.717, 1.165) is 17.7 Å². The molecule has 2 N–H and O–H groups in total. The highest BCUT2D eigenvalue weighted by atomic mass is 19.4. The summed E-state index contributed by atoms with van der Waals surface area (Å²) in [5.74, 6) is -1.46. The highest BCUT2D eigenvalue weighted by molar-refractivity contribution is 6.14. The molecule has 0 unspecified atom stereocenters. The Balaban J connectivity index is 2.17. The largest absolute Gasteiger partial charge is 0.418 e. The van der Waals surface area contributed by atoms with Gasteiger partial charge in [0.1, 0.15) is 5.41 Å². The van der Waals surface area contributed by atoms with Gasteiger partial charge in [0.15, 0.2) is 0 Å². The molecule has 0 saturated heterocycles. The summed E-state index contributed by atoms with van der Waals surface area (Å²) in [7, 11) is 0. The zero-order valence-electron chi connectivity index (χ0n) is 14.6. The normalized spacial score (nSPS) is 11.8. The molecule has 0 radical (unpaired) electrons. The molecule has 0 heterocycles. The van der Waals surface area contributed by atoms with Crippen molar-refractivity contribution in [2.24, 2.45) is 5.41 Å². The lowest BCUT2D eigenvalue weighted by Crippen LogP contribution is -2.41. The second-order valence-electron chi connectivity index (χ2n) is 6.44. The van der Waals surface area contributed by atoms with E-state index in [0.29, 0.717) is 5.69 Å². The van der Waals surface area contributed by atoms with E-state index >= 15 is 0 Å². The minimum absolute atomic E-state index is 0.388. The predicted molar refractivity (Wildman–Crippen MR) is 93.7 cm³/mol. The van der Waals surface area contributed by atoms with E-state index in [2.05, 4.69) is 10.6 Å². The lowest BCUT2D eigenvalue weighted by molar-refractivity contribution is -0.137. The molecule has 2 aromatic rings. The zero-order chi connectivity index (χ0) is 19.5. The van der Waals surface area contributed by atoms with Crippen molar-refractivity contribution in [1.29, 1.82) is 0 Å². The average molecular weight is 364 g/mol. The molecule has 2 rings (SSSR count). The van der Waals surface area contributed by atoms with Crippen LogP contribution in [0, 0.1) is 12.3 Å². The van der Waals surface area contributed by atoms with Gasteiger partial charge in [0.25, 0.3) is 0 Å². The third-order valence-electron chi connectivity index (χ3n) is 3.93. The third kappa shape index (κ3) is 4.41. The number of hydrogen-bond donors (Lipinski definition) is 2. The van der Waals surface area contributed by atoms with Crippen LogP contribution in [0.1, 0.15) is 25.0 Å². The van der Waals surface area contributed by atoms with Crippen LogP contribution in [-0.4, -0.2) is 11.8 Å². The summed E-state index contributed by atoms with van der Waals surface area (Å²) in [4.78, 5) is 24.9. The van der Waals surface area contributed by atoms with Crippen molar-refractivity contribution in [3.63, 3.8) is 0 Å². The second-order valence-corrected chi connectivity index (χ2v) is 6.44. The number of halogens is 3. The molecule has 2 aromatic carbocycles. The minimum atomic E-state index is -4.61. The highest BCUT2D eigenvalue weighted by Crippen LogP contribution is 2.35. The Morgan fingerprint density at radius 2 is 1.38 bits per heavy atom. The standard InChI is InChI=1S/C19H19F3N2O2/c1-12-8-10-13(11-9-12)23-16(25)18(2,3)17(26)24-15-7-5-4-6-14(15)19(20,21)22/h4-11H,1-3H3,(H,23,25)(H,24,26). The van der Waals surface area contributed by atoms with Crippen LogP contribution in [0.3, 0.4) is 0 Å². The molecule has 2 amide bonds. The van der Waals surface area contributed by atoms with Crippen molar-refractivity contribution in [2.75, 3.05) is 10.6 Å². The van der Waals surface area contributed by atoms with E-state index in [1.807, 2.05) is 6.92 Å². The quantitative estimate of drug-likeness (QED) is 0.778. The number of hydrogen-bond acceptors (Lipinski definition) is 2. The molecule has 138 valence electrons. The van der Waals surface area contributed by atoms with Crippen LogP contribution in [0.5, 0.6) is 0 Å². The Morgan fingerprint density at radius 3 is 1.96 bits per heavy atom. The maximum Gasteiger partial charge on any atom is 0.418 e. The Morgan fingerprint density at radius 1 is 0.846 bits per heavy atom. The lowest BCUT2D eigenvalue weighted by Gasteiger charge is -2.24. The van der Waals surface area contributed by atoms with Crippen LogP contribution in [0.4, 0.5) is 24.5 Å². The summed E-state index contributed by atoms with van der Waals surface area (Å²) < 4.78 is 39.1. The van der Waals surface area contributed by atoms with Crippen LogP contribution < -0.4 is 10.6 Å². The number of alkyl halides is 3. The second kappa shape index (κ2) is 7.19. The molecule has 0 spiro atoms. The van der Waals surface area contributed by atoms with Crippen molar-refractivity contribution in [3.05, 3.63) is 59.7 Å². The van der Waals surface area contributed by atoms with E-state index < -0.39 is 29.0 Å². The first-order valence-electron chi connectivity index (χ1n) is 7.87. The summed E-state index contributed by atoms with van der Waals surface area (Å²) in [6, 6.07) is 11.6. The van der Waals surface area contributed by atoms with Gasteiger partial charge in [-0.15, -0.1) is 0 Å². The SMILES string of the molecule is Cc1ccc(NC(=O)C(C)(C)C(=O)Nc2ccccc2C(F)(F)F)cc1. The molecule has 4 nitrogen and oxygen atoms in total. The number of para-hydroxylation sites is 1. The van der Waals surface area contributed by atoms with E-state index in [1.165, 1.54) is 26.0 Å². The van der Waals surface area contributed by atoms with E-state index in [9.17, 15) is 22.8 Å². The summed E-state index contributed by atoms with van der Waals surface area (Å²) in [6.07, 6.45) is -4.61. The number of anilines is 2. The fraction of sp³-hybridized carbons (Fsp3) is 0.263. The van der Waals surface area contributed by atoms with E-state index in [1.54, 1.807) is 24.3 Å². The summed E-state index contributed by atoms with van der Waals surface area (Å²) in [5.41, 5.74) is -1.44. The number of nitrogens with one attached hydrogen (secondary N) is 2. The van der Waals surface area contributed by atoms with Gasteiger partial charge in [-0.25, -0.2) is 0 Å². The van der Waals surface area contributed by atoms with Crippen molar-refractivity contribution in [2.45, 2.75) is 26.9 Å².